The third-order valence-corrected chi connectivity index (χ3v) is 5.40. The van der Waals surface area contributed by atoms with E-state index in [0.717, 1.165) is 11.1 Å². The highest BCUT2D eigenvalue weighted by atomic mass is 32.2. The fraction of sp³-hybridized carbons (Fsp3) is 0.200. The molecule has 0 fully saturated rings. The van der Waals surface area contributed by atoms with E-state index in [1.807, 2.05) is 37.3 Å². The van der Waals surface area contributed by atoms with Gasteiger partial charge in [0.15, 0.2) is 12.4 Å². The molecule has 0 radical (unpaired) electrons. The molecule has 0 amide bonds. The van der Waals surface area contributed by atoms with E-state index in [9.17, 15) is 13.2 Å². The molecule has 2 aromatic carbocycles. The lowest BCUT2D eigenvalue weighted by Gasteiger charge is -2.07. The Balaban J connectivity index is 1.45. The van der Waals surface area contributed by atoms with E-state index < -0.39 is 16.0 Å². The number of sulfonamides is 1. The Bertz CT molecular complexity index is 1030. The van der Waals surface area contributed by atoms with Crippen LogP contribution in [0.25, 0.3) is 11.3 Å². The van der Waals surface area contributed by atoms with Crippen LogP contribution in [0.1, 0.15) is 17.9 Å². The summed E-state index contributed by atoms with van der Waals surface area (Å²) in [4.78, 5) is 16.1. The summed E-state index contributed by atoms with van der Waals surface area (Å²) in [7, 11) is -3.66. The number of carbonyl (C=O) groups excluding carboxylic acids is 1. The average Bonchev–Trinajstić information content (AvgIpc) is 3.16. The summed E-state index contributed by atoms with van der Waals surface area (Å²) in [5, 5.41) is 0. The van der Waals surface area contributed by atoms with Crippen molar-refractivity contribution in [1.29, 1.82) is 0 Å². The topological polar surface area (TPSA) is 98.5 Å². The van der Waals surface area contributed by atoms with Crippen LogP contribution in [0, 0.1) is 6.92 Å². The number of nitrogens with zero attached hydrogens (tertiary/aromatic N) is 1. The fourth-order valence-electron chi connectivity index (χ4n) is 2.42. The van der Waals surface area contributed by atoms with Gasteiger partial charge in [0, 0.05) is 12.1 Å². The lowest BCUT2D eigenvalue weighted by molar-refractivity contribution is -0.145. The van der Waals surface area contributed by atoms with E-state index in [1.165, 1.54) is 12.1 Å². The zero-order chi connectivity index (χ0) is 20.0. The van der Waals surface area contributed by atoms with Gasteiger partial charge in [-0.1, -0.05) is 48.0 Å². The van der Waals surface area contributed by atoms with Crippen molar-refractivity contribution in [2.75, 3.05) is 6.54 Å². The third-order valence-electron chi connectivity index (χ3n) is 3.92. The van der Waals surface area contributed by atoms with Crippen LogP contribution in [-0.2, 0) is 26.2 Å². The molecule has 1 heterocycles. The molecular formula is C20H20N2O5S. The number of oxazole rings is 1. The zero-order valence-electron chi connectivity index (χ0n) is 15.3. The van der Waals surface area contributed by atoms with Crippen LogP contribution in [0.4, 0.5) is 0 Å². The SMILES string of the molecule is Cc1ccc(S(=O)(=O)NCCC(=O)OCc2ncc(-c3ccccc3)o2)cc1. The highest BCUT2D eigenvalue weighted by Gasteiger charge is 2.15. The summed E-state index contributed by atoms with van der Waals surface area (Å²) in [6.45, 7) is 1.70. The van der Waals surface area contributed by atoms with Crippen molar-refractivity contribution in [3.8, 4) is 11.3 Å². The first kappa shape index (κ1) is 19.8. The Morgan fingerprint density at radius 3 is 2.54 bits per heavy atom. The van der Waals surface area contributed by atoms with Gasteiger partial charge in [-0.25, -0.2) is 18.1 Å². The Labute approximate surface area is 163 Å². The van der Waals surface area contributed by atoms with Crippen molar-refractivity contribution in [1.82, 2.24) is 9.71 Å². The van der Waals surface area contributed by atoms with Gasteiger partial charge in [-0.2, -0.15) is 0 Å². The minimum atomic E-state index is -3.66. The Morgan fingerprint density at radius 2 is 1.82 bits per heavy atom. The molecule has 0 atom stereocenters. The summed E-state index contributed by atoms with van der Waals surface area (Å²) in [5.74, 6) is 0.302. The lowest BCUT2D eigenvalue weighted by Crippen LogP contribution is -2.26. The van der Waals surface area contributed by atoms with Crippen molar-refractivity contribution in [2.45, 2.75) is 24.8 Å². The second-order valence-corrected chi connectivity index (χ2v) is 7.87. The number of ether oxygens (including phenoxy) is 1. The molecule has 0 aliphatic heterocycles. The molecule has 0 unspecified atom stereocenters. The van der Waals surface area contributed by atoms with Gasteiger partial charge in [0.25, 0.3) is 0 Å². The molecule has 3 aromatic rings. The molecule has 146 valence electrons. The van der Waals surface area contributed by atoms with E-state index in [4.69, 9.17) is 9.15 Å². The first-order chi connectivity index (χ1) is 13.4. The zero-order valence-corrected chi connectivity index (χ0v) is 16.1. The van der Waals surface area contributed by atoms with E-state index >= 15 is 0 Å². The minimum Gasteiger partial charge on any atom is -0.456 e. The number of carbonyl (C=O) groups is 1. The number of esters is 1. The first-order valence-electron chi connectivity index (χ1n) is 8.66. The third kappa shape index (κ3) is 5.28. The summed E-state index contributed by atoms with van der Waals surface area (Å²) >= 11 is 0. The molecule has 0 aliphatic rings. The number of rotatable bonds is 8. The highest BCUT2D eigenvalue weighted by Crippen LogP contribution is 2.20. The van der Waals surface area contributed by atoms with Crippen LogP contribution >= 0.6 is 0 Å². The number of hydrogen-bond acceptors (Lipinski definition) is 6. The van der Waals surface area contributed by atoms with E-state index in [2.05, 4.69) is 9.71 Å². The molecule has 0 saturated heterocycles. The number of benzene rings is 2. The van der Waals surface area contributed by atoms with Crippen LogP contribution < -0.4 is 4.72 Å². The van der Waals surface area contributed by atoms with E-state index in [0.29, 0.717) is 5.76 Å². The first-order valence-corrected chi connectivity index (χ1v) is 10.1. The summed E-state index contributed by atoms with van der Waals surface area (Å²) in [5.41, 5.74) is 1.84. The summed E-state index contributed by atoms with van der Waals surface area (Å²) in [6, 6.07) is 15.9. The number of nitrogens with one attached hydrogen (secondary N) is 1. The maximum atomic E-state index is 12.2. The Hall–Kier alpha value is -2.97. The van der Waals surface area contributed by atoms with Crippen LogP contribution in [0.15, 0.2) is 70.1 Å². The Morgan fingerprint density at radius 1 is 1.11 bits per heavy atom. The monoisotopic (exact) mass is 400 g/mol. The lowest BCUT2D eigenvalue weighted by atomic mass is 10.2. The normalized spacial score (nSPS) is 11.3. The highest BCUT2D eigenvalue weighted by molar-refractivity contribution is 7.89. The standard InChI is InChI=1S/C20H20N2O5S/c1-15-7-9-17(10-8-15)28(24,25)22-12-11-20(23)26-14-19-21-13-18(27-19)16-5-3-2-4-6-16/h2-10,13,22H,11-12,14H2,1H3. The molecule has 8 heteroatoms. The predicted octanol–water partition coefficient (Wildman–Crippen LogP) is 3.06. The molecule has 1 aromatic heterocycles. The van der Waals surface area contributed by atoms with E-state index in [1.54, 1.807) is 18.3 Å². The number of aryl methyl sites for hydroxylation is 1. The second-order valence-electron chi connectivity index (χ2n) is 6.11. The van der Waals surface area contributed by atoms with Gasteiger partial charge in [-0.05, 0) is 19.1 Å². The molecule has 28 heavy (non-hydrogen) atoms. The van der Waals surface area contributed by atoms with Crippen LogP contribution in [0.2, 0.25) is 0 Å². The fourth-order valence-corrected chi connectivity index (χ4v) is 3.45. The maximum Gasteiger partial charge on any atom is 0.307 e. The molecule has 0 saturated carbocycles. The molecular weight excluding hydrogens is 380 g/mol. The minimum absolute atomic E-state index is 0.0596. The van der Waals surface area contributed by atoms with Gasteiger partial charge in [-0.15, -0.1) is 0 Å². The van der Waals surface area contributed by atoms with Gasteiger partial charge in [0.1, 0.15) is 0 Å². The second kappa shape index (κ2) is 8.81. The van der Waals surface area contributed by atoms with Crippen LogP contribution in [0.3, 0.4) is 0 Å². The quantitative estimate of drug-likeness (QED) is 0.584. The van der Waals surface area contributed by atoms with Gasteiger partial charge >= 0.3 is 5.97 Å². The number of aromatic nitrogens is 1. The molecule has 1 N–H and O–H groups in total. The predicted molar refractivity (Wildman–Crippen MR) is 103 cm³/mol. The van der Waals surface area contributed by atoms with Crippen molar-refractivity contribution in [3.63, 3.8) is 0 Å². The van der Waals surface area contributed by atoms with Crippen molar-refractivity contribution < 1.29 is 22.4 Å². The smallest absolute Gasteiger partial charge is 0.307 e. The summed E-state index contributed by atoms with van der Waals surface area (Å²) < 4.78 is 37.3. The van der Waals surface area contributed by atoms with Crippen LogP contribution in [-0.4, -0.2) is 25.9 Å². The van der Waals surface area contributed by atoms with Gasteiger partial charge in [0.05, 0.1) is 17.5 Å². The van der Waals surface area contributed by atoms with Gasteiger partial charge in [-0.3, -0.25) is 4.79 Å². The van der Waals surface area contributed by atoms with E-state index in [-0.39, 0.29) is 30.4 Å². The van der Waals surface area contributed by atoms with Gasteiger partial charge in [0.2, 0.25) is 15.9 Å². The molecule has 0 aliphatic carbocycles. The molecule has 3 rings (SSSR count). The van der Waals surface area contributed by atoms with Crippen molar-refractivity contribution in [2.24, 2.45) is 0 Å². The largest absolute Gasteiger partial charge is 0.456 e. The van der Waals surface area contributed by atoms with Crippen LogP contribution in [0.5, 0.6) is 0 Å². The summed E-state index contributed by atoms with van der Waals surface area (Å²) in [6.07, 6.45) is 1.46. The molecule has 7 nitrogen and oxygen atoms in total. The van der Waals surface area contributed by atoms with Crippen molar-refractivity contribution in [3.05, 3.63) is 72.2 Å². The molecule has 0 bridgehead atoms. The Kier molecular flexibility index (Phi) is 6.23. The van der Waals surface area contributed by atoms with Crippen molar-refractivity contribution >= 4 is 16.0 Å². The number of hydrogen-bond donors (Lipinski definition) is 1. The van der Waals surface area contributed by atoms with Gasteiger partial charge < -0.3 is 9.15 Å². The average molecular weight is 400 g/mol. The maximum absolute atomic E-state index is 12.2. The molecule has 0 spiro atoms.